The summed E-state index contributed by atoms with van der Waals surface area (Å²) in [5.74, 6) is -1.31. The second-order valence-corrected chi connectivity index (χ2v) is 9.65. The van der Waals surface area contributed by atoms with Crippen LogP contribution in [0.3, 0.4) is 0 Å². The maximum atomic E-state index is 13.9. The predicted octanol–water partition coefficient (Wildman–Crippen LogP) is 2.71. The number of amides is 4. The van der Waals surface area contributed by atoms with Crippen molar-refractivity contribution in [3.8, 4) is 11.8 Å². The molecule has 0 saturated carbocycles. The highest BCUT2D eigenvalue weighted by Crippen LogP contribution is 2.40. The van der Waals surface area contributed by atoms with E-state index in [4.69, 9.17) is 14.2 Å². The van der Waals surface area contributed by atoms with Crippen molar-refractivity contribution < 1.29 is 33.4 Å². The molecule has 2 atom stereocenters. The third-order valence-corrected chi connectivity index (χ3v) is 7.37. The number of carbonyl (C=O) groups is 4. The van der Waals surface area contributed by atoms with Crippen LogP contribution >= 0.6 is 11.3 Å². The van der Waals surface area contributed by atoms with Crippen molar-refractivity contribution in [2.75, 3.05) is 32.3 Å². The predicted molar refractivity (Wildman–Crippen MR) is 141 cm³/mol. The maximum absolute atomic E-state index is 13.9. The summed E-state index contributed by atoms with van der Waals surface area (Å²) < 4.78 is 15.2. The molecule has 1 fully saturated rings. The van der Waals surface area contributed by atoms with E-state index in [9.17, 15) is 24.4 Å². The van der Waals surface area contributed by atoms with Crippen LogP contribution in [0.15, 0.2) is 47.8 Å². The summed E-state index contributed by atoms with van der Waals surface area (Å²) in [4.78, 5) is 59.0. The number of nitriles is 1. The Morgan fingerprint density at radius 1 is 1.12 bits per heavy atom. The number of imide groups is 1. The maximum Gasteiger partial charge on any atom is 0.357 e. The SMILES string of the molecule is COCCOc1ccc([C@H]2NC(=O)N([C@H]3Cc4c(C#N)cccc4N(c4nc(C(=O)OC)cs4)C3=O)C2=O)cc1. The minimum absolute atomic E-state index is 0.000105. The number of nitrogens with zero attached hydrogens (tertiary/aromatic N) is 4. The van der Waals surface area contributed by atoms with Gasteiger partial charge in [0.25, 0.3) is 11.8 Å². The Labute approximate surface area is 232 Å². The molecule has 1 N–H and O–H groups in total. The molecule has 0 radical (unpaired) electrons. The fourth-order valence-electron chi connectivity index (χ4n) is 4.63. The summed E-state index contributed by atoms with van der Waals surface area (Å²) in [5, 5.41) is 14.0. The summed E-state index contributed by atoms with van der Waals surface area (Å²) in [5.41, 5.74) is 1.67. The van der Waals surface area contributed by atoms with E-state index >= 15 is 0 Å². The monoisotopic (exact) mass is 561 g/mol. The highest BCUT2D eigenvalue weighted by atomic mass is 32.1. The standard InChI is InChI=1S/C27H23N5O7S/c1-37-10-11-39-17-8-6-15(7-9-17)22-24(34)31(26(36)30-22)21-12-18-16(13-28)4-3-5-20(18)32(23(21)33)27-29-19(14-40-27)25(35)38-2/h3-9,14,21-22H,10-12H2,1-2H3,(H,30,36)/t21-,22+/m0/s1. The zero-order chi connectivity index (χ0) is 28.4. The Kier molecular flexibility index (Phi) is 7.45. The fraction of sp³-hybridized carbons (Fsp3) is 0.259. The van der Waals surface area contributed by atoms with Gasteiger partial charge in [0.05, 0.1) is 31.0 Å². The van der Waals surface area contributed by atoms with E-state index in [1.807, 2.05) is 0 Å². The van der Waals surface area contributed by atoms with Crippen molar-refractivity contribution in [3.05, 3.63) is 70.2 Å². The molecule has 3 aromatic rings. The minimum Gasteiger partial charge on any atom is -0.491 e. The highest BCUT2D eigenvalue weighted by Gasteiger charge is 2.49. The zero-order valence-corrected chi connectivity index (χ0v) is 22.3. The number of urea groups is 1. The molecular formula is C27H23N5O7S. The molecule has 0 bridgehead atoms. The average molecular weight is 562 g/mol. The summed E-state index contributed by atoms with van der Waals surface area (Å²) >= 11 is 1.02. The van der Waals surface area contributed by atoms with Gasteiger partial charge in [0, 0.05) is 18.9 Å². The normalized spacial score (nSPS) is 18.3. The molecule has 5 rings (SSSR count). The lowest BCUT2D eigenvalue weighted by Crippen LogP contribution is -2.54. The fourth-order valence-corrected chi connectivity index (χ4v) is 5.44. The van der Waals surface area contributed by atoms with Gasteiger partial charge < -0.3 is 19.5 Å². The number of nitrogens with one attached hydrogen (secondary N) is 1. The summed E-state index contributed by atoms with van der Waals surface area (Å²) in [6.45, 7) is 0.775. The Morgan fingerprint density at radius 2 is 1.90 bits per heavy atom. The first-order valence-corrected chi connectivity index (χ1v) is 13.0. The van der Waals surface area contributed by atoms with Gasteiger partial charge in [-0.15, -0.1) is 11.3 Å². The van der Waals surface area contributed by atoms with E-state index in [0.717, 1.165) is 16.2 Å². The zero-order valence-electron chi connectivity index (χ0n) is 21.4. The molecule has 40 heavy (non-hydrogen) atoms. The molecular weight excluding hydrogens is 538 g/mol. The van der Waals surface area contributed by atoms with Crippen molar-refractivity contribution in [2.24, 2.45) is 0 Å². The second kappa shape index (κ2) is 11.1. The molecule has 1 saturated heterocycles. The Balaban J connectivity index is 1.47. The van der Waals surface area contributed by atoms with Crippen LogP contribution in [0.25, 0.3) is 0 Å². The van der Waals surface area contributed by atoms with E-state index in [1.165, 1.54) is 17.4 Å². The van der Waals surface area contributed by atoms with Gasteiger partial charge in [0.2, 0.25) is 0 Å². The number of anilines is 2. The molecule has 13 heteroatoms. The smallest absolute Gasteiger partial charge is 0.357 e. The quantitative estimate of drug-likeness (QED) is 0.249. The Bertz CT molecular complexity index is 1530. The van der Waals surface area contributed by atoms with Crippen molar-refractivity contribution in [1.82, 2.24) is 15.2 Å². The van der Waals surface area contributed by atoms with Crippen LogP contribution in [0.1, 0.15) is 33.2 Å². The van der Waals surface area contributed by atoms with Crippen molar-refractivity contribution in [3.63, 3.8) is 0 Å². The first kappa shape index (κ1) is 26.8. The van der Waals surface area contributed by atoms with Crippen LogP contribution in [0, 0.1) is 11.3 Å². The number of methoxy groups -OCH3 is 2. The van der Waals surface area contributed by atoms with Crippen LogP contribution in [0.2, 0.25) is 0 Å². The van der Waals surface area contributed by atoms with Crippen LogP contribution in [-0.2, 0) is 25.5 Å². The molecule has 204 valence electrons. The lowest BCUT2D eigenvalue weighted by Gasteiger charge is -2.35. The van der Waals surface area contributed by atoms with Crippen molar-refractivity contribution >= 4 is 46.0 Å². The van der Waals surface area contributed by atoms with Gasteiger partial charge in [-0.05, 0) is 35.4 Å². The van der Waals surface area contributed by atoms with E-state index in [0.29, 0.717) is 35.8 Å². The topological polar surface area (TPSA) is 151 Å². The Morgan fingerprint density at radius 3 is 2.60 bits per heavy atom. The van der Waals surface area contributed by atoms with E-state index in [2.05, 4.69) is 16.4 Å². The van der Waals surface area contributed by atoms with Gasteiger partial charge in [-0.3, -0.25) is 14.5 Å². The number of rotatable bonds is 8. The number of thiazole rings is 1. The lowest BCUT2D eigenvalue weighted by molar-refractivity contribution is -0.134. The molecule has 4 amide bonds. The number of carbonyl (C=O) groups excluding carboxylic acids is 4. The van der Waals surface area contributed by atoms with Crippen LogP contribution in [-0.4, -0.2) is 67.2 Å². The molecule has 3 heterocycles. The molecule has 2 aromatic carbocycles. The number of ether oxygens (including phenoxy) is 3. The number of benzene rings is 2. The third-order valence-electron chi connectivity index (χ3n) is 6.55. The molecule has 2 aliphatic heterocycles. The Hall–Kier alpha value is -4.80. The highest BCUT2D eigenvalue weighted by molar-refractivity contribution is 7.14. The van der Waals surface area contributed by atoms with Crippen molar-refractivity contribution in [2.45, 2.75) is 18.5 Å². The minimum atomic E-state index is -1.25. The molecule has 12 nitrogen and oxygen atoms in total. The van der Waals surface area contributed by atoms with E-state index < -0.39 is 35.9 Å². The van der Waals surface area contributed by atoms with Crippen LogP contribution in [0.4, 0.5) is 15.6 Å². The summed E-state index contributed by atoms with van der Waals surface area (Å²) in [7, 11) is 2.78. The largest absolute Gasteiger partial charge is 0.491 e. The molecule has 0 unspecified atom stereocenters. The van der Waals surface area contributed by atoms with Crippen LogP contribution in [0.5, 0.6) is 5.75 Å². The number of esters is 1. The van der Waals surface area contributed by atoms with Crippen molar-refractivity contribution in [1.29, 1.82) is 5.26 Å². The number of hydrogen-bond donors (Lipinski definition) is 1. The average Bonchev–Trinajstić information content (AvgIpc) is 3.57. The lowest BCUT2D eigenvalue weighted by atomic mass is 9.92. The molecule has 0 spiro atoms. The number of hydrogen-bond acceptors (Lipinski definition) is 10. The first-order valence-electron chi connectivity index (χ1n) is 12.1. The molecule has 1 aromatic heterocycles. The summed E-state index contributed by atoms with van der Waals surface area (Å²) in [6, 6.07) is 10.7. The molecule has 2 aliphatic rings. The van der Waals surface area contributed by atoms with Gasteiger partial charge in [-0.2, -0.15) is 5.26 Å². The number of aromatic nitrogens is 1. The van der Waals surface area contributed by atoms with Gasteiger partial charge in [-0.25, -0.2) is 19.5 Å². The number of fused-ring (bicyclic) bond motifs is 1. The van der Waals surface area contributed by atoms with Gasteiger partial charge in [0.15, 0.2) is 10.8 Å². The van der Waals surface area contributed by atoms with Crippen LogP contribution < -0.4 is 15.0 Å². The molecule has 0 aliphatic carbocycles. The van der Waals surface area contributed by atoms with E-state index in [1.54, 1.807) is 49.6 Å². The van der Waals surface area contributed by atoms with Gasteiger partial charge >= 0.3 is 12.0 Å². The van der Waals surface area contributed by atoms with E-state index in [-0.39, 0.29) is 22.8 Å². The third kappa shape index (κ3) is 4.74. The second-order valence-electron chi connectivity index (χ2n) is 8.82. The van der Waals surface area contributed by atoms with Gasteiger partial charge in [0.1, 0.15) is 24.4 Å². The first-order chi connectivity index (χ1) is 19.4. The summed E-state index contributed by atoms with van der Waals surface area (Å²) in [6.07, 6.45) is -0.0538. The van der Waals surface area contributed by atoms with Gasteiger partial charge in [-0.1, -0.05) is 18.2 Å².